The second-order valence-corrected chi connectivity index (χ2v) is 4.51. The molecule has 0 bridgehead atoms. The fourth-order valence-electron chi connectivity index (χ4n) is 1.58. The molecule has 3 nitrogen and oxygen atoms in total. The highest BCUT2D eigenvalue weighted by atomic mass is 32.1. The van der Waals surface area contributed by atoms with Crippen LogP contribution in [0.15, 0.2) is 35.7 Å². The van der Waals surface area contributed by atoms with Gasteiger partial charge in [0.05, 0.1) is 21.8 Å². The van der Waals surface area contributed by atoms with Gasteiger partial charge in [0, 0.05) is 0 Å². The van der Waals surface area contributed by atoms with Crippen LogP contribution < -0.4 is 0 Å². The third-order valence-electron chi connectivity index (χ3n) is 2.34. The molecule has 0 aromatic carbocycles. The van der Waals surface area contributed by atoms with Gasteiger partial charge < -0.3 is 0 Å². The van der Waals surface area contributed by atoms with Crippen molar-refractivity contribution >= 4 is 22.4 Å². The van der Waals surface area contributed by atoms with E-state index >= 15 is 0 Å². The van der Waals surface area contributed by atoms with Crippen molar-refractivity contribution in [1.29, 1.82) is 0 Å². The summed E-state index contributed by atoms with van der Waals surface area (Å²) >= 11 is 1.69. The molecule has 0 fully saturated rings. The van der Waals surface area contributed by atoms with Crippen LogP contribution in [0.2, 0.25) is 0 Å². The first kappa shape index (κ1) is 9.42. The van der Waals surface area contributed by atoms with E-state index in [0.29, 0.717) is 0 Å². The van der Waals surface area contributed by atoms with Crippen LogP contribution in [0.25, 0.3) is 21.6 Å². The number of aromatic nitrogens is 3. The number of thiophene rings is 1. The summed E-state index contributed by atoms with van der Waals surface area (Å²) in [6, 6.07) is 10.0. The Hall–Kier alpha value is -1.81. The SMILES string of the molecule is Cc1cc2nc(-c3cccs3)ccc2nn1. The van der Waals surface area contributed by atoms with Crippen molar-refractivity contribution in [2.75, 3.05) is 0 Å². The minimum atomic E-state index is 0.839. The van der Waals surface area contributed by atoms with E-state index in [1.807, 2.05) is 31.2 Å². The van der Waals surface area contributed by atoms with Gasteiger partial charge >= 0.3 is 0 Å². The molecule has 3 rings (SSSR count). The van der Waals surface area contributed by atoms with Crippen molar-refractivity contribution in [3.05, 3.63) is 41.4 Å². The van der Waals surface area contributed by atoms with Crippen molar-refractivity contribution in [3.63, 3.8) is 0 Å². The predicted octanol–water partition coefficient (Wildman–Crippen LogP) is 3.06. The van der Waals surface area contributed by atoms with Gasteiger partial charge in [0.25, 0.3) is 0 Å². The van der Waals surface area contributed by atoms with E-state index in [1.54, 1.807) is 11.3 Å². The number of hydrogen-bond donors (Lipinski definition) is 0. The molecule has 0 saturated heterocycles. The molecular formula is C12H9N3S. The van der Waals surface area contributed by atoms with Crippen molar-refractivity contribution < 1.29 is 0 Å². The highest BCUT2D eigenvalue weighted by Gasteiger charge is 2.03. The summed E-state index contributed by atoms with van der Waals surface area (Å²) in [6.07, 6.45) is 0. The first-order valence-corrected chi connectivity index (χ1v) is 5.86. The van der Waals surface area contributed by atoms with Crippen LogP contribution in [0.4, 0.5) is 0 Å². The molecule has 3 aromatic heterocycles. The molecule has 0 aliphatic heterocycles. The van der Waals surface area contributed by atoms with Crippen molar-refractivity contribution in [1.82, 2.24) is 15.2 Å². The largest absolute Gasteiger partial charge is 0.245 e. The fourth-order valence-corrected chi connectivity index (χ4v) is 2.27. The monoisotopic (exact) mass is 227 g/mol. The lowest BCUT2D eigenvalue weighted by molar-refractivity contribution is 1.01. The molecule has 0 spiro atoms. The van der Waals surface area contributed by atoms with Gasteiger partial charge in [0.2, 0.25) is 0 Å². The number of aryl methyl sites for hydroxylation is 1. The van der Waals surface area contributed by atoms with Gasteiger partial charge in [0.15, 0.2) is 0 Å². The van der Waals surface area contributed by atoms with Crippen molar-refractivity contribution in [3.8, 4) is 10.6 Å². The average molecular weight is 227 g/mol. The van der Waals surface area contributed by atoms with Gasteiger partial charge in [-0.3, -0.25) is 0 Å². The number of rotatable bonds is 1. The van der Waals surface area contributed by atoms with Gasteiger partial charge in [-0.1, -0.05) is 6.07 Å². The lowest BCUT2D eigenvalue weighted by Crippen LogP contribution is -1.90. The second-order valence-electron chi connectivity index (χ2n) is 3.56. The maximum absolute atomic E-state index is 4.59. The molecule has 78 valence electrons. The highest BCUT2D eigenvalue weighted by Crippen LogP contribution is 2.24. The zero-order valence-corrected chi connectivity index (χ0v) is 9.53. The van der Waals surface area contributed by atoms with Crippen molar-refractivity contribution in [2.45, 2.75) is 6.92 Å². The molecule has 3 heterocycles. The van der Waals surface area contributed by atoms with Crippen LogP contribution in [0.5, 0.6) is 0 Å². The van der Waals surface area contributed by atoms with E-state index in [9.17, 15) is 0 Å². The normalized spacial score (nSPS) is 10.8. The Kier molecular flexibility index (Phi) is 2.15. The second kappa shape index (κ2) is 3.64. The average Bonchev–Trinajstić information content (AvgIpc) is 2.81. The summed E-state index contributed by atoms with van der Waals surface area (Å²) in [4.78, 5) is 5.76. The Morgan fingerprint density at radius 2 is 2.00 bits per heavy atom. The minimum Gasteiger partial charge on any atom is -0.245 e. The molecule has 0 radical (unpaired) electrons. The zero-order valence-electron chi connectivity index (χ0n) is 8.71. The summed E-state index contributed by atoms with van der Waals surface area (Å²) in [7, 11) is 0. The van der Waals surface area contributed by atoms with Crippen LogP contribution in [-0.2, 0) is 0 Å². The smallest absolute Gasteiger partial charge is 0.111 e. The van der Waals surface area contributed by atoms with E-state index in [1.165, 1.54) is 4.88 Å². The number of fused-ring (bicyclic) bond motifs is 1. The van der Waals surface area contributed by atoms with Crippen LogP contribution in [0, 0.1) is 6.92 Å². The van der Waals surface area contributed by atoms with E-state index in [2.05, 4.69) is 26.6 Å². The van der Waals surface area contributed by atoms with E-state index in [-0.39, 0.29) is 0 Å². The lowest BCUT2D eigenvalue weighted by Gasteiger charge is -2.00. The number of pyridine rings is 1. The lowest BCUT2D eigenvalue weighted by atomic mass is 10.2. The highest BCUT2D eigenvalue weighted by molar-refractivity contribution is 7.13. The number of nitrogens with zero attached hydrogens (tertiary/aromatic N) is 3. The summed E-state index contributed by atoms with van der Waals surface area (Å²) in [5.41, 5.74) is 3.63. The topological polar surface area (TPSA) is 38.7 Å². The Labute approximate surface area is 96.8 Å². The minimum absolute atomic E-state index is 0.839. The van der Waals surface area contributed by atoms with Crippen molar-refractivity contribution in [2.24, 2.45) is 0 Å². The maximum atomic E-state index is 4.59. The first-order valence-electron chi connectivity index (χ1n) is 4.98. The van der Waals surface area contributed by atoms with Crippen LogP contribution in [0.1, 0.15) is 5.69 Å². The Morgan fingerprint density at radius 1 is 1.06 bits per heavy atom. The Morgan fingerprint density at radius 3 is 2.81 bits per heavy atom. The third-order valence-corrected chi connectivity index (χ3v) is 3.23. The maximum Gasteiger partial charge on any atom is 0.111 e. The molecule has 3 aromatic rings. The molecule has 0 aliphatic rings. The van der Waals surface area contributed by atoms with E-state index in [4.69, 9.17) is 0 Å². The van der Waals surface area contributed by atoms with E-state index < -0.39 is 0 Å². The third kappa shape index (κ3) is 1.57. The number of hydrogen-bond acceptors (Lipinski definition) is 4. The van der Waals surface area contributed by atoms with Gasteiger partial charge in [-0.25, -0.2) is 4.98 Å². The van der Waals surface area contributed by atoms with E-state index in [0.717, 1.165) is 22.4 Å². The summed E-state index contributed by atoms with van der Waals surface area (Å²) < 4.78 is 0. The molecule has 4 heteroatoms. The van der Waals surface area contributed by atoms with Gasteiger partial charge in [-0.05, 0) is 36.6 Å². The summed E-state index contributed by atoms with van der Waals surface area (Å²) in [5, 5.41) is 10.2. The molecule has 0 amide bonds. The molecule has 0 unspecified atom stereocenters. The summed E-state index contributed by atoms with van der Waals surface area (Å²) in [5.74, 6) is 0. The molecule has 0 aliphatic carbocycles. The molecule has 16 heavy (non-hydrogen) atoms. The van der Waals surface area contributed by atoms with Gasteiger partial charge in [-0.15, -0.1) is 16.4 Å². The van der Waals surface area contributed by atoms with Gasteiger partial charge in [0.1, 0.15) is 5.52 Å². The Balaban J connectivity index is 2.22. The van der Waals surface area contributed by atoms with Crippen LogP contribution in [-0.4, -0.2) is 15.2 Å². The standard InChI is InChI=1S/C12H9N3S/c1-8-7-11-9(15-14-8)4-5-10(13-11)12-3-2-6-16-12/h2-7H,1H3. The predicted molar refractivity (Wildman–Crippen MR) is 65.4 cm³/mol. The van der Waals surface area contributed by atoms with Gasteiger partial charge in [-0.2, -0.15) is 5.10 Å². The molecule has 0 N–H and O–H groups in total. The summed E-state index contributed by atoms with van der Waals surface area (Å²) in [6.45, 7) is 1.92. The molecular weight excluding hydrogens is 218 g/mol. The molecule has 0 saturated carbocycles. The Bertz CT molecular complexity index is 632. The quantitative estimate of drug-likeness (QED) is 0.641. The fraction of sp³-hybridized carbons (Fsp3) is 0.0833. The van der Waals surface area contributed by atoms with Crippen LogP contribution in [0.3, 0.4) is 0 Å². The first-order chi connectivity index (χ1) is 7.83. The van der Waals surface area contributed by atoms with Crippen LogP contribution >= 0.6 is 11.3 Å². The molecule has 0 atom stereocenters. The zero-order chi connectivity index (χ0) is 11.0.